The Morgan fingerprint density at radius 1 is 1.57 bits per heavy atom. The Kier molecular flexibility index (Phi) is 3.34. The van der Waals surface area contributed by atoms with Crippen LogP contribution in [0.4, 0.5) is 0 Å². The molecular weight excluding hydrogens is 202 g/mol. The van der Waals surface area contributed by atoms with Crippen molar-refractivity contribution < 1.29 is 13.2 Å². The summed E-state index contributed by atoms with van der Waals surface area (Å²) in [6.07, 6.45) is 1.73. The number of hydrogen-bond donors (Lipinski definition) is 0. The summed E-state index contributed by atoms with van der Waals surface area (Å²) in [5, 5.41) is 0.994. The van der Waals surface area contributed by atoms with Crippen LogP contribution in [0.25, 0.3) is 0 Å². The van der Waals surface area contributed by atoms with Crippen LogP contribution >= 0.6 is 0 Å². The molecule has 1 rings (SSSR count). The first-order chi connectivity index (χ1) is 6.43. The Bertz CT molecular complexity index is 312. The molecule has 5 heteroatoms. The maximum atomic E-state index is 11.5. The van der Waals surface area contributed by atoms with E-state index in [1.54, 1.807) is 7.11 Å². The molecule has 0 aromatic heterocycles. The molecule has 0 N–H and O–H groups in total. The molecule has 1 unspecified atom stereocenters. The minimum Gasteiger partial charge on any atom is -0.377 e. The molecule has 1 atom stereocenters. The van der Waals surface area contributed by atoms with E-state index in [4.69, 9.17) is 4.74 Å². The Balaban J connectivity index is 2.80. The van der Waals surface area contributed by atoms with Gasteiger partial charge in [-0.05, 0) is 19.8 Å². The number of methoxy groups -OCH3 is 1. The first kappa shape index (κ1) is 11.7. The molecule has 0 aromatic rings. The molecule has 1 fully saturated rings. The van der Waals surface area contributed by atoms with Crippen LogP contribution in [0.3, 0.4) is 0 Å². The lowest BCUT2D eigenvalue weighted by atomic mass is 9.96. The fourth-order valence-corrected chi connectivity index (χ4v) is 2.70. The van der Waals surface area contributed by atoms with Crippen molar-refractivity contribution in [3.05, 3.63) is 12.0 Å². The molecule has 1 aliphatic rings. The molecule has 0 saturated carbocycles. The second-order valence-electron chi connectivity index (χ2n) is 3.80. The zero-order valence-corrected chi connectivity index (χ0v) is 9.51. The first-order valence-electron chi connectivity index (χ1n) is 4.61. The van der Waals surface area contributed by atoms with Gasteiger partial charge in [-0.1, -0.05) is 6.58 Å². The lowest BCUT2D eigenvalue weighted by Crippen LogP contribution is -2.48. The molecule has 4 nitrogen and oxygen atoms in total. The Morgan fingerprint density at radius 2 is 2.21 bits per heavy atom. The minimum absolute atomic E-state index is 0.353. The van der Waals surface area contributed by atoms with Crippen molar-refractivity contribution in [2.45, 2.75) is 25.4 Å². The summed E-state index contributed by atoms with van der Waals surface area (Å²) in [7, 11) is -1.67. The summed E-state index contributed by atoms with van der Waals surface area (Å²) in [5.74, 6) is 0. The van der Waals surface area contributed by atoms with E-state index in [1.807, 2.05) is 6.92 Å². The minimum atomic E-state index is -3.29. The van der Waals surface area contributed by atoms with Gasteiger partial charge in [-0.25, -0.2) is 8.42 Å². The third-order valence-electron chi connectivity index (χ3n) is 2.69. The van der Waals surface area contributed by atoms with Gasteiger partial charge in [0.1, 0.15) is 0 Å². The highest BCUT2D eigenvalue weighted by molar-refractivity contribution is 7.92. The Hall–Kier alpha value is -0.390. The third kappa shape index (κ3) is 2.34. The number of nitrogens with zero attached hydrogens (tertiary/aromatic N) is 1. The van der Waals surface area contributed by atoms with Crippen molar-refractivity contribution in [2.24, 2.45) is 0 Å². The highest BCUT2D eigenvalue weighted by Gasteiger charge is 2.35. The van der Waals surface area contributed by atoms with Gasteiger partial charge in [-0.2, -0.15) is 4.31 Å². The van der Waals surface area contributed by atoms with Crippen LogP contribution in [0.1, 0.15) is 19.8 Å². The first-order valence-corrected chi connectivity index (χ1v) is 6.12. The summed E-state index contributed by atoms with van der Waals surface area (Å²) >= 11 is 0. The van der Waals surface area contributed by atoms with Crippen molar-refractivity contribution in [1.29, 1.82) is 0 Å². The molecule has 0 bridgehead atoms. The normalized spacial score (nSPS) is 30.1. The SMILES string of the molecule is C=CS(=O)(=O)N1CCCC(C)(OC)C1. The van der Waals surface area contributed by atoms with E-state index < -0.39 is 10.0 Å². The van der Waals surface area contributed by atoms with Gasteiger partial charge in [-0.15, -0.1) is 0 Å². The molecule has 0 spiro atoms. The standard InChI is InChI=1S/C9H17NO3S/c1-4-14(11,12)10-7-5-6-9(2,8-10)13-3/h4H,1,5-8H2,2-3H3. The molecule has 0 amide bonds. The predicted molar refractivity (Wildman–Crippen MR) is 55.3 cm³/mol. The van der Waals surface area contributed by atoms with Crippen LogP contribution in [-0.2, 0) is 14.8 Å². The molecule has 0 aromatic carbocycles. The Morgan fingerprint density at radius 3 is 2.71 bits per heavy atom. The van der Waals surface area contributed by atoms with Crippen LogP contribution in [0.5, 0.6) is 0 Å². The zero-order chi connectivity index (χ0) is 10.8. The maximum absolute atomic E-state index is 11.5. The van der Waals surface area contributed by atoms with Crippen molar-refractivity contribution in [3.63, 3.8) is 0 Å². The molecule has 1 saturated heterocycles. The zero-order valence-electron chi connectivity index (χ0n) is 8.69. The lowest BCUT2D eigenvalue weighted by Gasteiger charge is -2.38. The van der Waals surface area contributed by atoms with Gasteiger partial charge in [0.25, 0.3) is 0 Å². The number of ether oxygens (including phenoxy) is 1. The molecule has 1 aliphatic heterocycles. The van der Waals surface area contributed by atoms with E-state index in [0.29, 0.717) is 13.1 Å². The van der Waals surface area contributed by atoms with Gasteiger partial charge in [0.05, 0.1) is 5.60 Å². The highest BCUT2D eigenvalue weighted by atomic mass is 32.2. The van der Waals surface area contributed by atoms with E-state index in [1.165, 1.54) is 4.31 Å². The average Bonchev–Trinajstić information content (AvgIpc) is 2.18. The summed E-state index contributed by atoms with van der Waals surface area (Å²) in [4.78, 5) is 0. The topological polar surface area (TPSA) is 46.6 Å². The second kappa shape index (κ2) is 4.00. The Labute approximate surface area is 85.6 Å². The van der Waals surface area contributed by atoms with E-state index in [0.717, 1.165) is 18.2 Å². The van der Waals surface area contributed by atoms with Crippen LogP contribution in [0, 0.1) is 0 Å². The number of piperidine rings is 1. The maximum Gasteiger partial charge on any atom is 0.235 e. The van der Waals surface area contributed by atoms with Crippen LogP contribution in [0.2, 0.25) is 0 Å². The smallest absolute Gasteiger partial charge is 0.235 e. The van der Waals surface area contributed by atoms with Crippen LogP contribution in [0.15, 0.2) is 12.0 Å². The predicted octanol–water partition coefficient (Wildman–Crippen LogP) is 0.961. The van der Waals surface area contributed by atoms with E-state index in [2.05, 4.69) is 6.58 Å². The second-order valence-corrected chi connectivity index (χ2v) is 5.68. The molecule has 82 valence electrons. The molecular formula is C9H17NO3S. The van der Waals surface area contributed by atoms with Crippen molar-refractivity contribution >= 4 is 10.0 Å². The summed E-state index contributed by atoms with van der Waals surface area (Å²) < 4.78 is 29.8. The lowest BCUT2D eigenvalue weighted by molar-refractivity contribution is -0.0316. The third-order valence-corrected chi connectivity index (χ3v) is 4.14. The molecule has 0 radical (unpaired) electrons. The van der Waals surface area contributed by atoms with Crippen molar-refractivity contribution in [3.8, 4) is 0 Å². The van der Waals surface area contributed by atoms with Crippen LogP contribution < -0.4 is 0 Å². The van der Waals surface area contributed by atoms with Gasteiger partial charge in [0.2, 0.25) is 10.0 Å². The van der Waals surface area contributed by atoms with E-state index in [9.17, 15) is 8.42 Å². The number of sulfonamides is 1. The summed E-state index contributed by atoms with van der Waals surface area (Å²) in [6.45, 7) is 6.22. The molecule has 0 aliphatic carbocycles. The fourth-order valence-electron chi connectivity index (χ4n) is 1.65. The van der Waals surface area contributed by atoms with E-state index >= 15 is 0 Å². The fraction of sp³-hybridized carbons (Fsp3) is 0.778. The van der Waals surface area contributed by atoms with Gasteiger partial charge in [-0.3, -0.25) is 0 Å². The van der Waals surface area contributed by atoms with Crippen LogP contribution in [-0.4, -0.2) is 38.5 Å². The van der Waals surface area contributed by atoms with Crippen molar-refractivity contribution in [1.82, 2.24) is 4.31 Å². The van der Waals surface area contributed by atoms with Gasteiger partial charge >= 0.3 is 0 Å². The monoisotopic (exact) mass is 219 g/mol. The van der Waals surface area contributed by atoms with Gasteiger partial charge in [0.15, 0.2) is 0 Å². The highest BCUT2D eigenvalue weighted by Crippen LogP contribution is 2.25. The number of hydrogen-bond acceptors (Lipinski definition) is 3. The van der Waals surface area contributed by atoms with E-state index in [-0.39, 0.29) is 5.60 Å². The average molecular weight is 219 g/mol. The summed E-state index contributed by atoms with van der Waals surface area (Å²) in [6, 6.07) is 0. The van der Waals surface area contributed by atoms with Crippen molar-refractivity contribution in [2.75, 3.05) is 20.2 Å². The van der Waals surface area contributed by atoms with Gasteiger partial charge in [0, 0.05) is 25.6 Å². The quantitative estimate of drug-likeness (QED) is 0.710. The number of rotatable bonds is 3. The molecule has 1 heterocycles. The van der Waals surface area contributed by atoms with Gasteiger partial charge < -0.3 is 4.74 Å². The largest absolute Gasteiger partial charge is 0.377 e. The summed E-state index contributed by atoms with van der Waals surface area (Å²) in [5.41, 5.74) is -0.353. The molecule has 14 heavy (non-hydrogen) atoms.